The summed E-state index contributed by atoms with van der Waals surface area (Å²) in [6, 6.07) is 11.0. The molecule has 5 nitrogen and oxygen atoms in total. The molecular formula is C26H27F4N3O2S. The second-order valence-corrected chi connectivity index (χ2v) is 9.63. The van der Waals surface area contributed by atoms with E-state index in [1.54, 1.807) is 30.9 Å². The van der Waals surface area contributed by atoms with E-state index in [0.29, 0.717) is 6.54 Å². The summed E-state index contributed by atoms with van der Waals surface area (Å²) in [5.74, 6) is -0.694. The summed E-state index contributed by atoms with van der Waals surface area (Å²) < 4.78 is 51.8. The van der Waals surface area contributed by atoms with Crippen molar-refractivity contribution in [3.8, 4) is 0 Å². The van der Waals surface area contributed by atoms with Crippen molar-refractivity contribution in [1.29, 1.82) is 0 Å². The Hall–Kier alpha value is -3.40. The Labute approximate surface area is 211 Å². The Kier molecular flexibility index (Phi) is 8.73. The number of thiophene rings is 1. The Bertz CT molecular complexity index is 1180. The number of nitrogens with one attached hydrogen (secondary N) is 1. The van der Waals surface area contributed by atoms with Crippen LogP contribution in [0.1, 0.15) is 35.4 Å². The summed E-state index contributed by atoms with van der Waals surface area (Å²) in [4.78, 5) is 30.3. The van der Waals surface area contributed by atoms with Gasteiger partial charge in [-0.15, -0.1) is 11.3 Å². The van der Waals surface area contributed by atoms with Crippen LogP contribution in [0.5, 0.6) is 0 Å². The molecule has 0 saturated carbocycles. The van der Waals surface area contributed by atoms with Gasteiger partial charge in [0.25, 0.3) is 0 Å². The Morgan fingerprint density at radius 3 is 2.14 bits per heavy atom. The first kappa shape index (κ1) is 27.2. The highest BCUT2D eigenvalue weighted by molar-refractivity contribution is 7.10. The van der Waals surface area contributed by atoms with Crippen molar-refractivity contribution in [1.82, 2.24) is 9.80 Å². The number of urea groups is 1. The molecule has 2 aromatic carbocycles. The standard InChI is InChI=1S/C26H27F4N3O2S/c1-17(2)33(25(35)31-22-10-6-20(7-11-22)26(28,29)30)16-24(34)32(15-23-18(3)12-13-36-23)14-19-4-8-21(27)9-5-19/h4-13,17H,14-16H2,1-3H3,(H,31,35). The number of halogens is 4. The lowest BCUT2D eigenvalue weighted by atomic mass is 10.2. The molecule has 1 heterocycles. The summed E-state index contributed by atoms with van der Waals surface area (Å²) in [5, 5.41) is 4.50. The smallest absolute Gasteiger partial charge is 0.332 e. The highest BCUT2D eigenvalue weighted by Crippen LogP contribution is 2.30. The first-order valence-corrected chi connectivity index (χ1v) is 12.1. The van der Waals surface area contributed by atoms with E-state index in [2.05, 4.69) is 5.32 Å². The lowest BCUT2D eigenvalue weighted by Gasteiger charge is -2.30. The molecule has 36 heavy (non-hydrogen) atoms. The molecule has 0 unspecified atom stereocenters. The van der Waals surface area contributed by atoms with Crippen LogP contribution in [0, 0.1) is 12.7 Å². The molecule has 0 spiro atoms. The van der Waals surface area contributed by atoms with Crippen molar-refractivity contribution in [3.63, 3.8) is 0 Å². The van der Waals surface area contributed by atoms with E-state index >= 15 is 0 Å². The minimum Gasteiger partial charge on any atom is -0.332 e. The summed E-state index contributed by atoms with van der Waals surface area (Å²) in [6.07, 6.45) is -4.48. The predicted molar refractivity (Wildman–Crippen MR) is 132 cm³/mol. The Balaban J connectivity index is 1.75. The van der Waals surface area contributed by atoms with Gasteiger partial charge in [0.15, 0.2) is 0 Å². The van der Waals surface area contributed by atoms with Crippen molar-refractivity contribution >= 4 is 29.0 Å². The van der Waals surface area contributed by atoms with Crippen LogP contribution >= 0.6 is 11.3 Å². The lowest BCUT2D eigenvalue weighted by Crippen LogP contribution is -2.47. The molecule has 0 fully saturated rings. The van der Waals surface area contributed by atoms with Crippen LogP contribution in [0.4, 0.5) is 28.0 Å². The maximum Gasteiger partial charge on any atom is 0.416 e. The third-order valence-corrected chi connectivity index (χ3v) is 6.60. The largest absolute Gasteiger partial charge is 0.416 e. The number of benzene rings is 2. The van der Waals surface area contributed by atoms with Gasteiger partial charge in [-0.1, -0.05) is 12.1 Å². The number of rotatable bonds is 8. The molecule has 0 aliphatic carbocycles. The van der Waals surface area contributed by atoms with E-state index in [1.807, 2.05) is 18.4 Å². The van der Waals surface area contributed by atoms with Crippen LogP contribution in [0.15, 0.2) is 60.0 Å². The number of hydrogen-bond donors (Lipinski definition) is 1. The van der Waals surface area contributed by atoms with Gasteiger partial charge in [-0.2, -0.15) is 13.2 Å². The van der Waals surface area contributed by atoms with Gasteiger partial charge in [0.2, 0.25) is 5.91 Å². The fourth-order valence-corrected chi connectivity index (χ4v) is 4.38. The van der Waals surface area contributed by atoms with E-state index in [1.165, 1.54) is 40.5 Å². The SMILES string of the molecule is Cc1ccsc1CN(Cc1ccc(F)cc1)C(=O)CN(C(=O)Nc1ccc(C(F)(F)F)cc1)C(C)C. The number of anilines is 1. The molecule has 0 saturated heterocycles. The lowest BCUT2D eigenvalue weighted by molar-refractivity contribution is -0.137. The number of nitrogens with zero attached hydrogens (tertiary/aromatic N) is 2. The Morgan fingerprint density at radius 1 is 0.972 bits per heavy atom. The number of carbonyl (C=O) groups is 2. The normalized spacial score (nSPS) is 11.4. The Morgan fingerprint density at radius 2 is 1.61 bits per heavy atom. The van der Waals surface area contributed by atoms with Crippen molar-refractivity contribution in [2.75, 3.05) is 11.9 Å². The summed E-state index contributed by atoms with van der Waals surface area (Å²) in [7, 11) is 0. The van der Waals surface area contributed by atoms with Gasteiger partial charge in [-0.3, -0.25) is 4.79 Å². The van der Waals surface area contributed by atoms with Crippen molar-refractivity contribution in [3.05, 3.63) is 87.4 Å². The number of carbonyl (C=O) groups excluding carboxylic acids is 2. The van der Waals surface area contributed by atoms with Crippen LogP contribution in [0.25, 0.3) is 0 Å². The molecule has 0 aliphatic rings. The second kappa shape index (κ2) is 11.6. The van der Waals surface area contributed by atoms with Crippen molar-refractivity contribution in [2.45, 2.75) is 46.1 Å². The first-order chi connectivity index (χ1) is 16.9. The third-order valence-electron chi connectivity index (χ3n) is 5.60. The van der Waals surface area contributed by atoms with Crippen LogP contribution in [0.2, 0.25) is 0 Å². The molecule has 10 heteroatoms. The maximum absolute atomic E-state index is 13.4. The zero-order valence-electron chi connectivity index (χ0n) is 20.1. The molecule has 0 bridgehead atoms. The van der Waals surface area contributed by atoms with Crippen LogP contribution in [0.3, 0.4) is 0 Å². The van der Waals surface area contributed by atoms with E-state index < -0.39 is 17.8 Å². The van der Waals surface area contributed by atoms with E-state index in [-0.39, 0.29) is 36.5 Å². The van der Waals surface area contributed by atoms with E-state index in [4.69, 9.17) is 0 Å². The quantitative estimate of drug-likeness (QED) is 0.336. The van der Waals surface area contributed by atoms with Gasteiger partial charge in [0.1, 0.15) is 12.4 Å². The first-order valence-electron chi connectivity index (χ1n) is 11.2. The number of alkyl halides is 3. The molecule has 0 atom stereocenters. The minimum atomic E-state index is -4.48. The molecule has 192 valence electrons. The van der Waals surface area contributed by atoms with E-state index in [0.717, 1.165) is 28.1 Å². The topological polar surface area (TPSA) is 52.7 Å². The highest BCUT2D eigenvalue weighted by atomic mass is 32.1. The van der Waals surface area contributed by atoms with Crippen LogP contribution in [-0.2, 0) is 24.1 Å². The summed E-state index contributed by atoms with van der Waals surface area (Å²) in [5.41, 5.74) is 1.14. The molecule has 1 N–H and O–H groups in total. The van der Waals surface area contributed by atoms with Crippen LogP contribution < -0.4 is 5.32 Å². The third kappa shape index (κ3) is 7.30. The second-order valence-electron chi connectivity index (χ2n) is 8.63. The average molecular weight is 522 g/mol. The van der Waals surface area contributed by atoms with Gasteiger partial charge in [0.05, 0.1) is 12.1 Å². The zero-order chi connectivity index (χ0) is 26.5. The number of hydrogen-bond acceptors (Lipinski definition) is 3. The zero-order valence-corrected chi connectivity index (χ0v) is 20.9. The van der Waals surface area contributed by atoms with Gasteiger partial charge in [-0.05, 0) is 79.7 Å². The van der Waals surface area contributed by atoms with Crippen molar-refractivity contribution in [2.24, 2.45) is 0 Å². The number of amides is 3. The molecule has 3 aromatic rings. The fraction of sp³-hybridized carbons (Fsp3) is 0.308. The molecular weight excluding hydrogens is 494 g/mol. The monoisotopic (exact) mass is 521 g/mol. The molecule has 1 aromatic heterocycles. The van der Waals surface area contributed by atoms with E-state index in [9.17, 15) is 27.2 Å². The van der Waals surface area contributed by atoms with Crippen LogP contribution in [-0.4, -0.2) is 34.3 Å². The van der Waals surface area contributed by atoms with Gasteiger partial charge in [-0.25, -0.2) is 9.18 Å². The predicted octanol–water partition coefficient (Wildman–Crippen LogP) is 6.69. The molecule has 0 radical (unpaired) electrons. The number of aryl methyl sites for hydroxylation is 1. The minimum absolute atomic E-state index is 0.184. The maximum atomic E-state index is 13.4. The highest BCUT2D eigenvalue weighted by Gasteiger charge is 2.30. The molecule has 3 amide bonds. The summed E-state index contributed by atoms with van der Waals surface area (Å²) >= 11 is 1.52. The van der Waals surface area contributed by atoms with Gasteiger partial charge >= 0.3 is 12.2 Å². The van der Waals surface area contributed by atoms with Gasteiger partial charge < -0.3 is 15.1 Å². The fourth-order valence-electron chi connectivity index (χ4n) is 3.45. The molecule has 3 rings (SSSR count). The average Bonchev–Trinajstić information content (AvgIpc) is 3.22. The molecule has 0 aliphatic heterocycles. The van der Waals surface area contributed by atoms with Crippen molar-refractivity contribution < 1.29 is 27.2 Å². The van der Waals surface area contributed by atoms with Gasteiger partial charge in [0, 0.05) is 23.2 Å². The summed E-state index contributed by atoms with van der Waals surface area (Å²) in [6.45, 7) is 5.75.